The molecule has 0 aliphatic rings. The lowest BCUT2D eigenvalue weighted by atomic mass is 10.0. The highest BCUT2D eigenvalue weighted by atomic mass is 16.6. The van der Waals surface area contributed by atoms with Crippen LogP contribution < -0.4 is 4.74 Å². The average molecular weight is 278 g/mol. The predicted octanol–water partition coefficient (Wildman–Crippen LogP) is 2.62. The zero-order chi connectivity index (χ0) is 14.8. The van der Waals surface area contributed by atoms with Crippen LogP contribution in [0.2, 0.25) is 0 Å². The third-order valence-corrected chi connectivity index (χ3v) is 2.77. The fourth-order valence-electron chi connectivity index (χ4n) is 1.68. The van der Waals surface area contributed by atoms with Gasteiger partial charge in [-0.05, 0) is 24.1 Å². The Morgan fingerprint density at radius 1 is 1.30 bits per heavy atom. The van der Waals surface area contributed by atoms with Crippen molar-refractivity contribution in [2.75, 3.05) is 26.9 Å². The van der Waals surface area contributed by atoms with E-state index in [1.165, 1.54) is 0 Å². The van der Waals surface area contributed by atoms with Crippen LogP contribution in [0.4, 0.5) is 0 Å². The van der Waals surface area contributed by atoms with Crippen molar-refractivity contribution in [3.8, 4) is 5.75 Å². The van der Waals surface area contributed by atoms with Crippen LogP contribution in [0.5, 0.6) is 5.75 Å². The minimum Gasteiger partial charge on any atom is -0.490 e. The smallest absolute Gasteiger partial charge is 0.309 e. The summed E-state index contributed by atoms with van der Waals surface area (Å²) >= 11 is 0. The first-order chi connectivity index (χ1) is 9.67. The molecule has 1 rings (SSSR count). The van der Waals surface area contributed by atoms with Crippen LogP contribution in [0, 0.1) is 5.92 Å². The Hall–Kier alpha value is -1.81. The molecular formula is C16H22O4. The molecular weight excluding hydrogens is 256 g/mol. The van der Waals surface area contributed by atoms with Crippen molar-refractivity contribution in [3.05, 3.63) is 42.5 Å². The maximum atomic E-state index is 11.7. The molecule has 0 spiro atoms. The van der Waals surface area contributed by atoms with E-state index in [1.807, 2.05) is 31.2 Å². The van der Waals surface area contributed by atoms with Gasteiger partial charge in [0.05, 0.1) is 12.5 Å². The molecule has 1 aromatic rings. The molecule has 0 fully saturated rings. The number of esters is 1. The van der Waals surface area contributed by atoms with Crippen molar-refractivity contribution in [3.63, 3.8) is 0 Å². The molecule has 110 valence electrons. The Morgan fingerprint density at radius 3 is 2.60 bits per heavy atom. The molecule has 0 aliphatic carbocycles. The van der Waals surface area contributed by atoms with Crippen LogP contribution in [0.25, 0.3) is 0 Å². The first kappa shape index (κ1) is 16.2. The van der Waals surface area contributed by atoms with Crippen molar-refractivity contribution in [2.45, 2.75) is 13.3 Å². The molecule has 0 saturated carbocycles. The summed E-state index contributed by atoms with van der Waals surface area (Å²) in [5.41, 5.74) is 1.08. The first-order valence-corrected chi connectivity index (χ1v) is 6.65. The van der Waals surface area contributed by atoms with Crippen LogP contribution in [-0.4, -0.2) is 32.9 Å². The topological polar surface area (TPSA) is 44.8 Å². The molecule has 1 unspecified atom stereocenters. The lowest BCUT2D eigenvalue weighted by molar-refractivity contribution is -0.149. The summed E-state index contributed by atoms with van der Waals surface area (Å²) in [6.45, 7) is 6.67. The molecule has 0 aliphatic heterocycles. The van der Waals surface area contributed by atoms with Gasteiger partial charge in [0, 0.05) is 7.11 Å². The molecule has 0 heterocycles. The summed E-state index contributed by atoms with van der Waals surface area (Å²) in [4.78, 5) is 11.7. The zero-order valence-corrected chi connectivity index (χ0v) is 12.1. The Kier molecular flexibility index (Phi) is 7.43. The molecule has 0 saturated heterocycles. The number of hydrogen-bond donors (Lipinski definition) is 0. The fourth-order valence-corrected chi connectivity index (χ4v) is 1.68. The highest BCUT2D eigenvalue weighted by Crippen LogP contribution is 2.15. The number of ether oxygens (including phenoxy) is 3. The van der Waals surface area contributed by atoms with Crippen molar-refractivity contribution in [1.29, 1.82) is 0 Å². The maximum Gasteiger partial charge on any atom is 0.309 e. The van der Waals surface area contributed by atoms with E-state index in [4.69, 9.17) is 14.2 Å². The van der Waals surface area contributed by atoms with Crippen LogP contribution in [-0.2, 0) is 20.7 Å². The SMILES string of the molecule is C=CCOc1ccc(CC(C)C(=O)OCCOC)cc1. The van der Waals surface area contributed by atoms with E-state index in [-0.39, 0.29) is 11.9 Å². The van der Waals surface area contributed by atoms with Crippen molar-refractivity contribution >= 4 is 5.97 Å². The summed E-state index contributed by atoms with van der Waals surface area (Å²) in [7, 11) is 1.58. The number of methoxy groups -OCH3 is 1. The van der Waals surface area contributed by atoms with Crippen LogP contribution in [0.3, 0.4) is 0 Å². The molecule has 0 bridgehead atoms. The zero-order valence-electron chi connectivity index (χ0n) is 12.1. The lowest BCUT2D eigenvalue weighted by Crippen LogP contribution is -2.19. The number of hydrogen-bond acceptors (Lipinski definition) is 4. The fraction of sp³-hybridized carbons (Fsp3) is 0.438. The molecule has 4 nitrogen and oxygen atoms in total. The molecule has 0 N–H and O–H groups in total. The van der Waals surface area contributed by atoms with Gasteiger partial charge in [0.25, 0.3) is 0 Å². The van der Waals surface area contributed by atoms with Crippen molar-refractivity contribution in [1.82, 2.24) is 0 Å². The predicted molar refractivity (Wildman–Crippen MR) is 77.8 cm³/mol. The summed E-state index contributed by atoms with van der Waals surface area (Å²) in [6, 6.07) is 7.69. The largest absolute Gasteiger partial charge is 0.490 e. The summed E-state index contributed by atoms with van der Waals surface area (Å²) in [5, 5.41) is 0. The molecule has 4 heteroatoms. The van der Waals surface area contributed by atoms with E-state index in [2.05, 4.69) is 6.58 Å². The average Bonchev–Trinajstić information content (AvgIpc) is 2.46. The maximum absolute atomic E-state index is 11.7. The van der Waals surface area contributed by atoms with E-state index in [0.29, 0.717) is 26.2 Å². The van der Waals surface area contributed by atoms with Gasteiger partial charge in [-0.3, -0.25) is 4.79 Å². The van der Waals surface area contributed by atoms with Gasteiger partial charge in [-0.15, -0.1) is 0 Å². The highest BCUT2D eigenvalue weighted by molar-refractivity contribution is 5.72. The second-order valence-electron chi connectivity index (χ2n) is 4.51. The second kappa shape index (κ2) is 9.15. The Labute approximate surface area is 120 Å². The quantitative estimate of drug-likeness (QED) is 0.396. The Balaban J connectivity index is 2.42. The molecule has 1 atom stereocenters. The number of carbonyl (C=O) groups is 1. The minimum absolute atomic E-state index is 0.174. The van der Waals surface area contributed by atoms with Gasteiger partial charge in [-0.2, -0.15) is 0 Å². The van der Waals surface area contributed by atoms with Crippen LogP contribution in [0.1, 0.15) is 12.5 Å². The first-order valence-electron chi connectivity index (χ1n) is 6.65. The minimum atomic E-state index is -0.200. The van der Waals surface area contributed by atoms with E-state index >= 15 is 0 Å². The molecule has 1 aromatic carbocycles. The van der Waals surface area contributed by atoms with Gasteiger partial charge in [0.15, 0.2) is 0 Å². The van der Waals surface area contributed by atoms with Gasteiger partial charge in [-0.25, -0.2) is 0 Å². The van der Waals surface area contributed by atoms with E-state index in [1.54, 1.807) is 13.2 Å². The van der Waals surface area contributed by atoms with E-state index in [9.17, 15) is 4.79 Å². The number of carbonyl (C=O) groups excluding carboxylic acids is 1. The van der Waals surface area contributed by atoms with Gasteiger partial charge in [0.1, 0.15) is 19.0 Å². The third-order valence-electron chi connectivity index (χ3n) is 2.77. The van der Waals surface area contributed by atoms with Crippen molar-refractivity contribution < 1.29 is 19.0 Å². The number of benzene rings is 1. The van der Waals surface area contributed by atoms with Gasteiger partial charge in [0.2, 0.25) is 0 Å². The molecule has 20 heavy (non-hydrogen) atoms. The number of rotatable bonds is 9. The Bertz CT molecular complexity index is 411. The molecule has 0 amide bonds. The third kappa shape index (κ3) is 5.89. The standard InChI is InChI=1S/C16H22O4/c1-4-9-19-15-7-5-14(6-8-15)12-13(2)16(17)20-11-10-18-3/h4-8,13H,1,9-12H2,2-3H3. The van der Waals surface area contributed by atoms with Gasteiger partial charge in [-0.1, -0.05) is 31.7 Å². The van der Waals surface area contributed by atoms with Gasteiger partial charge >= 0.3 is 5.97 Å². The van der Waals surface area contributed by atoms with Crippen molar-refractivity contribution in [2.24, 2.45) is 5.92 Å². The van der Waals surface area contributed by atoms with Crippen LogP contribution >= 0.6 is 0 Å². The highest BCUT2D eigenvalue weighted by Gasteiger charge is 2.14. The van der Waals surface area contributed by atoms with Crippen LogP contribution in [0.15, 0.2) is 36.9 Å². The normalized spacial score (nSPS) is 11.7. The van der Waals surface area contributed by atoms with E-state index in [0.717, 1.165) is 11.3 Å². The van der Waals surface area contributed by atoms with Gasteiger partial charge < -0.3 is 14.2 Å². The summed E-state index contributed by atoms with van der Waals surface area (Å²) in [5.74, 6) is 0.421. The van der Waals surface area contributed by atoms with E-state index < -0.39 is 0 Å². The molecule has 0 radical (unpaired) electrons. The summed E-state index contributed by atoms with van der Waals surface area (Å²) in [6.07, 6.45) is 2.35. The Morgan fingerprint density at radius 2 is 2.00 bits per heavy atom. The lowest BCUT2D eigenvalue weighted by Gasteiger charge is -2.11. The second-order valence-corrected chi connectivity index (χ2v) is 4.51. The molecule has 0 aromatic heterocycles. The monoisotopic (exact) mass is 278 g/mol. The summed E-state index contributed by atoms with van der Waals surface area (Å²) < 4.78 is 15.3.